The molecule has 9 heterocycles. The highest BCUT2D eigenvalue weighted by Crippen LogP contribution is 2.58. The van der Waals surface area contributed by atoms with Crippen LogP contribution in [0.1, 0.15) is 59.3 Å². The fourth-order valence-electron chi connectivity index (χ4n) is 7.87. The Hall–Kier alpha value is -4.32. The molecule has 0 radical (unpaired) electrons. The monoisotopic (exact) mass is 466 g/mol. The summed E-state index contributed by atoms with van der Waals surface area (Å²) in [5.74, 6) is 0.674. The third-order valence-electron chi connectivity index (χ3n) is 9.16. The number of rotatable bonds is 0. The number of pyridine rings is 1. The lowest BCUT2D eigenvalue weighted by atomic mass is 9.76. The molecule has 0 spiro atoms. The molecular formula is C30H22N6. The van der Waals surface area contributed by atoms with Gasteiger partial charge in [0.15, 0.2) is 0 Å². The Morgan fingerprint density at radius 1 is 0.750 bits per heavy atom. The molecule has 4 atom stereocenters. The smallest absolute Gasteiger partial charge is 0.0972 e. The Morgan fingerprint density at radius 2 is 1.44 bits per heavy atom. The van der Waals surface area contributed by atoms with Crippen LogP contribution in [0.15, 0.2) is 77.2 Å². The molecule has 0 saturated heterocycles. The minimum absolute atomic E-state index is 0.169. The van der Waals surface area contributed by atoms with Crippen LogP contribution in [0.25, 0.3) is 38.7 Å². The maximum atomic E-state index is 5.01. The molecule has 0 aliphatic carbocycles. The molecule has 6 aromatic rings. The van der Waals surface area contributed by atoms with Crippen LogP contribution in [0, 0.1) is 0 Å². The van der Waals surface area contributed by atoms with Crippen LogP contribution in [-0.4, -0.2) is 30.9 Å². The lowest BCUT2D eigenvalue weighted by Gasteiger charge is -2.39. The number of hydrogen-bond acceptors (Lipinski definition) is 2. The van der Waals surface area contributed by atoms with Gasteiger partial charge in [0.05, 0.1) is 40.0 Å². The molecule has 0 amide bonds. The van der Waals surface area contributed by atoms with Crippen molar-refractivity contribution in [2.45, 2.75) is 36.8 Å². The summed E-state index contributed by atoms with van der Waals surface area (Å²) in [6, 6.07) is 15.9. The standard InChI is InChI=1S/C30H22N6/c1-4-19-25-16(7-10-31-25)22-28(34(19)13-1)23-17-8-11-32-26(17)20-5-2-15-36(20)30(23)24-18-9-12-33-27(18)21-6-3-14-35(21)29(22)24/h1-7,10-15,17-18,26-27,31H,8-9H2. The molecule has 4 unspecified atom stereocenters. The van der Waals surface area contributed by atoms with Crippen LogP contribution < -0.4 is 0 Å². The first kappa shape index (κ1) is 18.0. The molecule has 10 rings (SSSR count). The fourth-order valence-corrected chi connectivity index (χ4v) is 7.87. The minimum atomic E-state index is 0.169. The molecule has 6 heteroatoms. The number of fused-ring (bicyclic) bond motifs is 21. The van der Waals surface area contributed by atoms with Gasteiger partial charge in [0.1, 0.15) is 0 Å². The highest BCUT2D eigenvalue weighted by molar-refractivity contribution is 6.17. The molecule has 6 nitrogen and oxygen atoms in total. The molecule has 1 N–H and O–H groups in total. The van der Waals surface area contributed by atoms with E-state index in [1.165, 1.54) is 61.2 Å². The van der Waals surface area contributed by atoms with Gasteiger partial charge in [-0.2, -0.15) is 0 Å². The van der Waals surface area contributed by atoms with Gasteiger partial charge in [-0.3, -0.25) is 9.98 Å². The molecule has 0 saturated carbocycles. The SMILES string of the molecule is C1=NC2c3cccn3-c3c4c(c5c6cc[nH]c6c6cccn6c5c3C2C1)-n1cccc1C1N=CCC41. The van der Waals surface area contributed by atoms with Gasteiger partial charge in [0.25, 0.3) is 0 Å². The zero-order valence-electron chi connectivity index (χ0n) is 19.5. The second-order valence-corrected chi connectivity index (χ2v) is 10.6. The number of aromatic nitrogens is 4. The van der Waals surface area contributed by atoms with Gasteiger partial charge in [-0.15, -0.1) is 0 Å². The van der Waals surface area contributed by atoms with Gasteiger partial charge < -0.3 is 18.5 Å². The van der Waals surface area contributed by atoms with Gasteiger partial charge >= 0.3 is 0 Å². The van der Waals surface area contributed by atoms with Crippen molar-refractivity contribution in [3.8, 4) is 11.4 Å². The van der Waals surface area contributed by atoms with Crippen molar-refractivity contribution in [1.29, 1.82) is 0 Å². The zero-order valence-corrected chi connectivity index (χ0v) is 19.5. The second-order valence-electron chi connectivity index (χ2n) is 10.6. The topological polar surface area (TPSA) is 54.8 Å². The van der Waals surface area contributed by atoms with Crippen LogP contribution in [0.5, 0.6) is 0 Å². The maximum Gasteiger partial charge on any atom is 0.0972 e. The third kappa shape index (κ3) is 1.82. The lowest BCUT2D eigenvalue weighted by Crippen LogP contribution is -2.27. The highest BCUT2D eigenvalue weighted by Gasteiger charge is 2.45. The molecule has 1 aromatic carbocycles. The van der Waals surface area contributed by atoms with E-state index in [4.69, 9.17) is 9.98 Å². The third-order valence-corrected chi connectivity index (χ3v) is 9.16. The van der Waals surface area contributed by atoms with E-state index in [0.29, 0.717) is 11.8 Å². The van der Waals surface area contributed by atoms with Crippen LogP contribution >= 0.6 is 0 Å². The Balaban J connectivity index is 1.54. The molecule has 5 aromatic heterocycles. The molecular weight excluding hydrogens is 444 g/mol. The Bertz CT molecular complexity index is 1990. The van der Waals surface area contributed by atoms with E-state index in [1.807, 2.05) is 0 Å². The van der Waals surface area contributed by atoms with Crippen molar-refractivity contribution < 1.29 is 0 Å². The van der Waals surface area contributed by atoms with E-state index in [9.17, 15) is 0 Å². The fraction of sp³-hybridized carbons (Fsp3) is 0.200. The average molecular weight is 467 g/mol. The van der Waals surface area contributed by atoms with Gasteiger partial charge in [0, 0.05) is 82.3 Å². The maximum absolute atomic E-state index is 5.01. The lowest BCUT2D eigenvalue weighted by molar-refractivity contribution is 0.536. The van der Waals surface area contributed by atoms with Crippen LogP contribution in [0.2, 0.25) is 0 Å². The number of aliphatic imine (C=N–C) groups is 2. The summed E-state index contributed by atoms with van der Waals surface area (Å²) < 4.78 is 7.32. The predicted octanol–water partition coefficient (Wildman–Crippen LogP) is 6.38. The molecule has 0 fully saturated rings. The van der Waals surface area contributed by atoms with Crippen molar-refractivity contribution >= 4 is 39.8 Å². The van der Waals surface area contributed by atoms with E-state index in [0.717, 1.165) is 12.8 Å². The molecule has 4 aliphatic rings. The van der Waals surface area contributed by atoms with Crippen molar-refractivity contribution in [1.82, 2.24) is 18.5 Å². The molecule has 0 bridgehead atoms. The Labute approximate surface area is 206 Å². The normalized spacial score (nSPS) is 24.8. The summed E-state index contributed by atoms with van der Waals surface area (Å²) >= 11 is 0. The van der Waals surface area contributed by atoms with E-state index in [1.54, 1.807) is 0 Å². The zero-order chi connectivity index (χ0) is 23.1. The number of H-pyrrole nitrogens is 1. The number of aromatic amines is 1. The summed E-state index contributed by atoms with van der Waals surface area (Å²) in [4.78, 5) is 13.6. The van der Waals surface area contributed by atoms with E-state index in [-0.39, 0.29) is 12.1 Å². The van der Waals surface area contributed by atoms with Crippen molar-refractivity contribution in [2.75, 3.05) is 0 Å². The average Bonchev–Trinajstić information content (AvgIpc) is 3.73. The Morgan fingerprint density at radius 3 is 2.22 bits per heavy atom. The first-order valence-electron chi connectivity index (χ1n) is 12.9. The van der Waals surface area contributed by atoms with Crippen LogP contribution in [0.3, 0.4) is 0 Å². The molecule has 4 aliphatic heterocycles. The number of hydrogen-bond donors (Lipinski definition) is 1. The van der Waals surface area contributed by atoms with Crippen LogP contribution in [-0.2, 0) is 0 Å². The summed E-state index contributed by atoms with van der Waals surface area (Å²) in [5.41, 5.74) is 11.9. The van der Waals surface area contributed by atoms with Gasteiger partial charge in [0.2, 0.25) is 0 Å². The molecule has 36 heavy (non-hydrogen) atoms. The van der Waals surface area contributed by atoms with Gasteiger partial charge in [-0.05, 0) is 55.3 Å². The van der Waals surface area contributed by atoms with E-state index >= 15 is 0 Å². The second kappa shape index (κ2) is 5.90. The number of nitrogens with zero attached hydrogens (tertiary/aromatic N) is 5. The predicted molar refractivity (Wildman–Crippen MR) is 143 cm³/mol. The summed E-state index contributed by atoms with van der Waals surface area (Å²) in [6.07, 6.45) is 15.1. The number of nitrogens with one attached hydrogen (secondary N) is 1. The summed E-state index contributed by atoms with van der Waals surface area (Å²) in [5, 5.41) is 2.63. The van der Waals surface area contributed by atoms with Crippen LogP contribution in [0.4, 0.5) is 0 Å². The first-order valence-corrected chi connectivity index (χ1v) is 12.9. The quantitative estimate of drug-likeness (QED) is 0.270. The van der Waals surface area contributed by atoms with Gasteiger partial charge in [-0.25, -0.2) is 0 Å². The summed E-state index contributed by atoms with van der Waals surface area (Å²) in [6.45, 7) is 0. The van der Waals surface area contributed by atoms with Crippen molar-refractivity contribution in [3.63, 3.8) is 0 Å². The van der Waals surface area contributed by atoms with Crippen molar-refractivity contribution in [2.24, 2.45) is 9.98 Å². The number of benzene rings is 1. The molecule has 172 valence electrons. The first-order chi connectivity index (χ1) is 17.9. The Kier molecular flexibility index (Phi) is 2.95. The van der Waals surface area contributed by atoms with Gasteiger partial charge in [-0.1, -0.05) is 0 Å². The highest BCUT2D eigenvalue weighted by atomic mass is 15.1. The van der Waals surface area contributed by atoms with E-state index < -0.39 is 0 Å². The summed E-state index contributed by atoms with van der Waals surface area (Å²) in [7, 11) is 0. The largest absolute Gasteiger partial charge is 0.359 e. The minimum Gasteiger partial charge on any atom is -0.359 e. The van der Waals surface area contributed by atoms with E-state index in [2.05, 4.69) is 98.2 Å². The van der Waals surface area contributed by atoms with Crippen molar-refractivity contribution in [3.05, 3.63) is 89.8 Å².